The number of nitrogens with zero attached hydrogens (tertiary/aromatic N) is 3. The molecule has 1 aromatic heterocycles. The minimum atomic E-state index is -0.438. The van der Waals surface area contributed by atoms with E-state index in [-0.39, 0.29) is 30.0 Å². The molecule has 1 aliphatic rings. The third-order valence-electron chi connectivity index (χ3n) is 5.60. The summed E-state index contributed by atoms with van der Waals surface area (Å²) in [7, 11) is 0. The van der Waals surface area contributed by atoms with Gasteiger partial charge >= 0.3 is 5.69 Å². The highest BCUT2D eigenvalue weighted by Crippen LogP contribution is 2.38. The summed E-state index contributed by atoms with van der Waals surface area (Å²) in [5.41, 5.74) is 1.58. The summed E-state index contributed by atoms with van der Waals surface area (Å²) < 4.78 is 7.04. The molecule has 0 unspecified atom stereocenters. The summed E-state index contributed by atoms with van der Waals surface area (Å²) >= 11 is 6.44. The Morgan fingerprint density at radius 2 is 2.03 bits per heavy atom. The van der Waals surface area contributed by atoms with Gasteiger partial charge in [0, 0.05) is 36.6 Å². The minimum absolute atomic E-state index is 0.00489. The Bertz CT molecular complexity index is 906. The van der Waals surface area contributed by atoms with Crippen LogP contribution in [0.25, 0.3) is 0 Å². The molecule has 0 bridgehead atoms. The molecule has 8 nitrogen and oxygen atoms in total. The molecule has 0 radical (unpaired) electrons. The van der Waals surface area contributed by atoms with Gasteiger partial charge in [0.25, 0.3) is 0 Å². The van der Waals surface area contributed by atoms with Gasteiger partial charge in [-0.1, -0.05) is 29.8 Å². The van der Waals surface area contributed by atoms with E-state index in [0.717, 1.165) is 18.4 Å². The fourth-order valence-electron chi connectivity index (χ4n) is 3.93. The Kier molecular flexibility index (Phi) is 6.54. The van der Waals surface area contributed by atoms with Crippen LogP contribution in [0.4, 0.5) is 5.69 Å². The van der Waals surface area contributed by atoms with E-state index in [2.05, 4.69) is 10.4 Å². The molecule has 1 saturated heterocycles. The van der Waals surface area contributed by atoms with Gasteiger partial charge in [-0.3, -0.25) is 19.6 Å². The number of nitrogens with one attached hydrogen (secondary N) is 1. The summed E-state index contributed by atoms with van der Waals surface area (Å²) in [5.74, 6) is -0.127. The van der Waals surface area contributed by atoms with Crippen LogP contribution in [0.3, 0.4) is 0 Å². The summed E-state index contributed by atoms with van der Waals surface area (Å²) in [6.07, 6.45) is 1.75. The van der Waals surface area contributed by atoms with Crippen LogP contribution in [-0.4, -0.2) is 40.4 Å². The molecule has 2 heterocycles. The third-order valence-corrected chi connectivity index (χ3v) is 5.93. The maximum atomic E-state index is 12.5. The van der Waals surface area contributed by atoms with Crippen molar-refractivity contribution in [3.63, 3.8) is 0 Å². The predicted octanol–water partition coefficient (Wildman–Crippen LogP) is 3.32. The van der Waals surface area contributed by atoms with E-state index in [1.165, 1.54) is 4.68 Å². The van der Waals surface area contributed by atoms with Gasteiger partial charge in [-0.15, -0.1) is 0 Å². The number of ether oxygens (including phenoxy) is 1. The van der Waals surface area contributed by atoms with Crippen molar-refractivity contribution in [3.8, 4) is 0 Å². The Morgan fingerprint density at radius 3 is 2.66 bits per heavy atom. The van der Waals surface area contributed by atoms with E-state index in [1.54, 1.807) is 13.8 Å². The number of halogens is 1. The Labute approximate surface area is 174 Å². The van der Waals surface area contributed by atoms with E-state index in [9.17, 15) is 14.9 Å². The third kappa shape index (κ3) is 4.59. The molecule has 3 rings (SSSR count). The Balaban J connectivity index is 1.65. The molecule has 156 valence electrons. The summed E-state index contributed by atoms with van der Waals surface area (Å²) in [5, 5.41) is 19.0. The number of hydrogen-bond donors (Lipinski definition) is 1. The van der Waals surface area contributed by atoms with Gasteiger partial charge in [0.05, 0.1) is 11.5 Å². The fraction of sp³-hybridized carbons (Fsp3) is 0.500. The van der Waals surface area contributed by atoms with Crippen LogP contribution in [0.5, 0.6) is 0 Å². The van der Waals surface area contributed by atoms with Crippen LogP contribution in [0, 0.1) is 24.0 Å². The van der Waals surface area contributed by atoms with E-state index in [4.69, 9.17) is 16.3 Å². The van der Waals surface area contributed by atoms with Gasteiger partial charge in [0.2, 0.25) is 5.91 Å². The molecule has 9 heteroatoms. The van der Waals surface area contributed by atoms with Gasteiger partial charge < -0.3 is 10.1 Å². The lowest BCUT2D eigenvalue weighted by molar-refractivity contribution is -0.386. The maximum absolute atomic E-state index is 12.5. The topological polar surface area (TPSA) is 99.3 Å². The zero-order valence-electron chi connectivity index (χ0n) is 16.6. The fourth-order valence-corrected chi connectivity index (χ4v) is 4.26. The number of carbonyl (C=O) groups is 1. The molecule has 1 fully saturated rings. The van der Waals surface area contributed by atoms with Crippen molar-refractivity contribution >= 4 is 23.2 Å². The lowest BCUT2D eigenvalue weighted by atomic mass is 9.74. The molecule has 1 aromatic carbocycles. The number of benzene rings is 1. The highest BCUT2D eigenvalue weighted by atomic mass is 35.5. The molecule has 0 aliphatic carbocycles. The highest BCUT2D eigenvalue weighted by molar-refractivity contribution is 6.31. The lowest BCUT2D eigenvalue weighted by Crippen LogP contribution is -2.45. The van der Waals surface area contributed by atoms with Crippen LogP contribution >= 0.6 is 11.6 Å². The molecule has 0 atom stereocenters. The van der Waals surface area contributed by atoms with Gasteiger partial charge in [-0.2, -0.15) is 5.10 Å². The van der Waals surface area contributed by atoms with Crippen LogP contribution in [0.2, 0.25) is 5.02 Å². The zero-order valence-corrected chi connectivity index (χ0v) is 17.4. The van der Waals surface area contributed by atoms with Gasteiger partial charge in [-0.05, 0) is 38.3 Å². The van der Waals surface area contributed by atoms with Crippen LogP contribution in [0.1, 0.15) is 36.2 Å². The first-order valence-electron chi connectivity index (χ1n) is 9.62. The Hall–Kier alpha value is -2.45. The van der Waals surface area contributed by atoms with Crippen molar-refractivity contribution in [2.24, 2.45) is 0 Å². The molecule has 1 aliphatic heterocycles. The van der Waals surface area contributed by atoms with Crippen molar-refractivity contribution in [1.29, 1.82) is 0 Å². The van der Waals surface area contributed by atoms with Crippen molar-refractivity contribution in [2.75, 3.05) is 19.8 Å². The standard InChI is InChI=1S/C20H25ClN4O4/c1-14-19(25(27)28)15(2)24(23-14)10-7-18(26)22-13-20(8-11-29-12-9-20)16-5-3-4-6-17(16)21/h3-6H,7-13H2,1-2H3,(H,22,26). The highest BCUT2D eigenvalue weighted by Gasteiger charge is 2.36. The summed E-state index contributed by atoms with van der Waals surface area (Å²) in [4.78, 5) is 23.2. The quantitative estimate of drug-likeness (QED) is 0.547. The van der Waals surface area contributed by atoms with Crippen LogP contribution in [-0.2, 0) is 21.5 Å². The molecule has 0 saturated carbocycles. The van der Waals surface area contributed by atoms with E-state index >= 15 is 0 Å². The molecule has 0 spiro atoms. The molecule has 29 heavy (non-hydrogen) atoms. The number of rotatable bonds is 7. The Morgan fingerprint density at radius 1 is 1.34 bits per heavy atom. The van der Waals surface area contributed by atoms with Crippen molar-refractivity contribution in [3.05, 3.63) is 56.4 Å². The van der Waals surface area contributed by atoms with E-state index in [1.807, 2.05) is 24.3 Å². The zero-order chi connectivity index (χ0) is 21.0. The van der Waals surface area contributed by atoms with Crippen LogP contribution in [0.15, 0.2) is 24.3 Å². The summed E-state index contributed by atoms with van der Waals surface area (Å²) in [6.45, 7) is 5.24. The normalized spacial score (nSPS) is 15.8. The first-order chi connectivity index (χ1) is 13.8. The molecule has 1 amide bonds. The van der Waals surface area contributed by atoms with Gasteiger partial charge in [0.15, 0.2) is 0 Å². The number of aromatic nitrogens is 2. The maximum Gasteiger partial charge on any atom is 0.312 e. The predicted molar refractivity (Wildman–Crippen MR) is 109 cm³/mol. The van der Waals surface area contributed by atoms with Crippen molar-refractivity contribution in [2.45, 2.75) is 45.1 Å². The number of aryl methyl sites for hydroxylation is 2. The van der Waals surface area contributed by atoms with Gasteiger partial charge in [-0.25, -0.2) is 0 Å². The first-order valence-corrected chi connectivity index (χ1v) is 10.00. The molecule has 2 aromatic rings. The second kappa shape index (κ2) is 8.92. The largest absolute Gasteiger partial charge is 0.381 e. The first kappa shape index (κ1) is 21.3. The van der Waals surface area contributed by atoms with Crippen molar-refractivity contribution < 1.29 is 14.5 Å². The molecular weight excluding hydrogens is 396 g/mol. The number of carbonyl (C=O) groups excluding carboxylic acids is 1. The monoisotopic (exact) mass is 420 g/mol. The van der Waals surface area contributed by atoms with E-state index < -0.39 is 4.92 Å². The second-order valence-electron chi connectivity index (χ2n) is 7.40. The molecule has 1 N–H and O–H groups in total. The van der Waals surface area contributed by atoms with Crippen molar-refractivity contribution in [1.82, 2.24) is 15.1 Å². The number of amides is 1. The molecular formula is C20H25ClN4O4. The second-order valence-corrected chi connectivity index (χ2v) is 7.81. The van der Waals surface area contributed by atoms with Gasteiger partial charge in [0.1, 0.15) is 11.4 Å². The SMILES string of the molecule is Cc1nn(CCC(=O)NCC2(c3ccccc3Cl)CCOCC2)c(C)c1[N+](=O)[O-]. The van der Waals surface area contributed by atoms with Crippen LogP contribution < -0.4 is 5.32 Å². The number of nitro groups is 1. The summed E-state index contributed by atoms with van der Waals surface area (Å²) in [6, 6.07) is 7.72. The smallest absolute Gasteiger partial charge is 0.312 e. The average Bonchev–Trinajstić information content (AvgIpc) is 2.99. The number of hydrogen-bond acceptors (Lipinski definition) is 5. The van der Waals surface area contributed by atoms with E-state index in [0.29, 0.717) is 36.2 Å². The minimum Gasteiger partial charge on any atom is -0.381 e. The lowest BCUT2D eigenvalue weighted by Gasteiger charge is -2.38. The average molecular weight is 421 g/mol.